The molecular formula is C51H64N8O10. The average molecular weight is 949 g/mol. The topological polar surface area (TPSA) is 220 Å². The molecule has 0 fully saturated rings. The molecule has 1 aliphatic rings. The highest BCUT2D eigenvalue weighted by molar-refractivity contribution is 6.10. The summed E-state index contributed by atoms with van der Waals surface area (Å²) in [6, 6.07) is 31.2. The van der Waals surface area contributed by atoms with Crippen LogP contribution < -0.4 is 26.6 Å². The Morgan fingerprint density at radius 3 is 1.93 bits per heavy atom. The van der Waals surface area contributed by atoms with Gasteiger partial charge >= 0.3 is 0 Å². The second-order valence-electron chi connectivity index (χ2n) is 15.9. The number of amides is 4. The number of fused-ring (bicyclic) bond motifs is 1. The van der Waals surface area contributed by atoms with Crippen molar-refractivity contribution in [1.82, 2.24) is 25.6 Å². The first-order valence-corrected chi connectivity index (χ1v) is 23.5. The molecule has 1 atom stereocenters. The Balaban J connectivity index is 0.839. The molecule has 1 aromatic heterocycles. The predicted octanol–water partition coefficient (Wildman–Crippen LogP) is 4.95. The van der Waals surface area contributed by atoms with Gasteiger partial charge < -0.3 is 55.0 Å². The second-order valence-corrected chi connectivity index (χ2v) is 15.9. The first-order chi connectivity index (χ1) is 33.9. The summed E-state index contributed by atoms with van der Waals surface area (Å²) in [5, 5.41) is 17.1. The Hall–Kier alpha value is -6.38. The minimum absolute atomic E-state index is 0.00518. The van der Waals surface area contributed by atoms with Crippen molar-refractivity contribution in [2.45, 2.75) is 44.8 Å². The summed E-state index contributed by atoms with van der Waals surface area (Å²) in [4.78, 5) is 55.0. The van der Waals surface area contributed by atoms with Gasteiger partial charge in [-0.2, -0.15) is 0 Å². The van der Waals surface area contributed by atoms with Crippen molar-refractivity contribution < 1.29 is 47.6 Å². The fourth-order valence-electron chi connectivity index (χ4n) is 7.46. The maximum Gasteiger partial charge on any atom is 0.258 e. The molecule has 18 nitrogen and oxygen atoms in total. The van der Waals surface area contributed by atoms with Crippen LogP contribution in [0.1, 0.15) is 63.7 Å². The number of anilines is 2. The van der Waals surface area contributed by atoms with Crippen LogP contribution in [0.25, 0.3) is 11.1 Å². The molecule has 1 aliphatic heterocycles. The van der Waals surface area contributed by atoms with Gasteiger partial charge in [0, 0.05) is 48.4 Å². The van der Waals surface area contributed by atoms with Crippen LogP contribution in [-0.2, 0) is 51.1 Å². The smallest absolute Gasteiger partial charge is 0.258 e. The first-order valence-electron chi connectivity index (χ1n) is 23.5. The monoisotopic (exact) mass is 948 g/mol. The van der Waals surface area contributed by atoms with E-state index in [0.29, 0.717) is 140 Å². The van der Waals surface area contributed by atoms with Crippen LogP contribution in [0.4, 0.5) is 11.4 Å². The zero-order valence-corrected chi connectivity index (χ0v) is 39.1. The van der Waals surface area contributed by atoms with Gasteiger partial charge in [0.15, 0.2) is 0 Å². The SMILES string of the molecule is NCCOCCOCCOCCOCCOCCOCCn1cc(CNC(=O)CCC(=O)NC2CCCN(C(=O)c3ccc(NC(=O)c4ccccc4-c4ccccc4)cc3)c3ccccc32)nn1. The van der Waals surface area contributed by atoms with Crippen LogP contribution in [-0.4, -0.2) is 131 Å². The summed E-state index contributed by atoms with van der Waals surface area (Å²) in [7, 11) is 0. The maximum absolute atomic E-state index is 14.0. The van der Waals surface area contributed by atoms with Gasteiger partial charge in [0.25, 0.3) is 11.8 Å². The zero-order valence-electron chi connectivity index (χ0n) is 39.1. The van der Waals surface area contributed by atoms with Crippen molar-refractivity contribution in [3.8, 4) is 11.1 Å². The van der Waals surface area contributed by atoms with Gasteiger partial charge in [0.1, 0.15) is 5.69 Å². The molecule has 0 saturated carbocycles. The van der Waals surface area contributed by atoms with Crippen molar-refractivity contribution in [3.05, 3.63) is 132 Å². The number of aromatic nitrogens is 3. The molecule has 0 aliphatic carbocycles. The zero-order chi connectivity index (χ0) is 48.3. The first kappa shape index (κ1) is 52.0. The van der Waals surface area contributed by atoms with Gasteiger partial charge in [-0.1, -0.05) is 71.9 Å². The highest BCUT2D eigenvalue weighted by Gasteiger charge is 2.28. The third kappa shape index (κ3) is 17.6. The highest BCUT2D eigenvalue weighted by atomic mass is 16.6. The second kappa shape index (κ2) is 29.5. The number of carbonyl (C=O) groups excluding carboxylic acids is 4. The summed E-state index contributed by atoms with van der Waals surface area (Å²) in [6.07, 6.45) is 2.98. The van der Waals surface area contributed by atoms with E-state index in [9.17, 15) is 19.2 Å². The van der Waals surface area contributed by atoms with Crippen molar-refractivity contribution in [2.75, 3.05) is 103 Å². The third-order valence-corrected chi connectivity index (χ3v) is 10.9. The summed E-state index contributed by atoms with van der Waals surface area (Å²) in [5.74, 6) is -0.992. The summed E-state index contributed by atoms with van der Waals surface area (Å²) < 4.78 is 34.4. The lowest BCUT2D eigenvalue weighted by Gasteiger charge is -2.24. The summed E-state index contributed by atoms with van der Waals surface area (Å²) in [5.41, 5.74) is 10.8. The van der Waals surface area contributed by atoms with Crippen molar-refractivity contribution in [2.24, 2.45) is 5.73 Å². The lowest BCUT2D eigenvalue weighted by atomic mass is 9.99. The van der Waals surface area contributed by atoms with Crippen LogP contribution in [0.15, 0.2) is 109 Å². The molecule has 69 heavy (non-hydrogen) atoms. The highest BCUT2D eigenvalue weighted by Crippen LogP contribution is 2.34. The number of hydrogen-bond acceptors (Lipinski definition) is 13. The molecule has 0 saturated heterocycles. The molecule has 0 bridgehead atoms. The van der Waals surface area contributed by atoms with Gasteiger partial charge in [0.05, 0.1) is 105 Å². The van der Waals surface area contributed by atoms with Crippen LogP contribution >= 0.6 is 0 Å². The molecule has 4 amide bonds. The Labute approximate surface area is 403 Å². The average Bonchev–Trinajstić information content (AvgIpc) is 3.76. The van der Waals surface area contributed by atoms with Gasteiger partial charge in [-0.15, -0.1) is 5.10 Å². The number of nitrogens with two attached hydrogens (primary N) is 1. The van der Waals surface area contributed by atoms with Crippen LogP contribution in [0, 0.1) is 0 Å². The van der Waals surface area contributed by atoms with Gasteiger partial charge in [0.2, 0.25) is 11.8 Å². The van der Waals surface area contributed by atoms with E-state index in [1.54, 1.807) is 46.1 Å². The van der Waals surface area contributed by atoms with Crippen LogP contribution in [0.2, 0.25) is 0 Å². The number of hydrogen-bond donors (Lipinski definition) is 4. The van der Waals surface area contributed by atoms with Crippen molar-refractivity contribution >= 4 is 35.0 Å². The Kier molecular flexibility index (Phi) is 22.2. The van der Waals surface area contributed by atoms with Crippen molar-refractivity contribution in [1.29, 1.82) is 0 Å². The maximum atomic E-state index is 14.0. The molecule has 4 aromatic carbocycles. The molecule has 18 heteroatoms. The predicted molar refractivity (Wildman–Crippen MR) is 260 cm³/mol. The standard InChI is InChI=1S/C51H64N8O10/c52-22-25-64-27-29-66-31-33-68-35-36-69-34-32-67-30-28-65-26-24-58-38-42(56-57-58)37-53-48(60)20-21-49(61)55-46-14-8-23-59(47-15-7-6-13-45(46)47)51(63)40-16-18-41(19-17-40)54-50(62)44-12-5-4-11-43(44)39-9-2-1-3-10-39/h1-7,9-13,15-19,38,46H,8,14,20-37,52H2,(H,53,60)(H,54,62)(H,55,61). The quantitative estimate of drug-likeness (QED) is 0.0449. The van der Waals surface area contributed by atoms with Crippen LogP contribution in [0.3, 0.4) is 0 Å². The number of benzene rings is 4. The Morgan fingerprint density at radius 2 is 1.25 bits per heavy atom. The minimum atomic E-state index is -0.343. The minimum Gasteiger partial charge on any atom is -0.378 e. The normalized spacial score (nSPS) is 13.3. The number of para-hydroxylation sites is 1. The van der Waals surface area contributed by atoms with Gasteiger partial charge in [-0.25, -0.2) is 4.68 Å². The lowest BCUT2D eigenvalue weighted by Crippen LogP contribution is -2.32. The van der Waals surface area contributed by atoms with E-state index in [0.717, 1.165) is 16.7 Å². The summed E-state index contributed by atoms with van der Waals surface area (Å²) in [6.45, 7) is 7.30. The molecule has 0 radical (unpaired) electrons. The molecule has 5 N–H and O–H groups in total. The fourth-order valence-corrected chi connectivity index (χ4v) is 7.46. The molecule has 6 rings (SSSR count). The van der Waals surface area contributed by atoms with Gasteiger partial charge in [-0.05, 0) is 65.9 Å². The molecule has 5 aromatic rings. The Morgan fingerprint density at radius 1 is 0.652 bits per heavy atom. The van der Waals surface area contributed by atoms with E-state index in [1.165, 1.54) is 0 Å². The van der Waals surface area contributed by atoms with E-state index < -0.39 is 0 Å². The van der Waals surface area contributed by atoms with E-state index in [-0.39, 0.29) is 49.1 Å². The Bertz CT molecular complexity index is 2330. The van der Waals surface area contributed by atoms with E-state index in [4.69, 9.17) is 34.2 Å². The molecule has 2 heterocycles. The molecule has 0 spiro atoms. The molecule has 1 unspecified atom stereocenters. The van der Waals surface area contributed by atoms with E-state index in [1.807, 2.05) is 72.8 Å². The summed E-state index contributed by atoms with van der Waals surface area (Å²) >= 11 is 0. The number of rotatable bonds is 30. The number of nitrogens with zero attached hydrogens (tertiary/aromatic N) is 4. The molecular weight excluding hydrogens is 885 g/mol. The number of nitrogens with one attached hydrogen (secondary N) is 3. The van der Waals surface area contributed by atoms with Gasteiger partial charge in [-0.3, -0.25) is 19.2 Å². The van der Waals surface area contributed by atoms with E-state index >= 15 is 0 Å². The van der Waals surface area contributed by atoms with E-state index in [2.05, 4.69) is 26.3 Å². The number of ether oxygens (including phenoxy) is 6. The molecule has 368 valence electrons. The largest absolute Gasteiger partial charge is 0.378 e. The fraction of sp³-hybridized carbons (Fsp3) is 0.412. The van der Waals surface area contributed by atoms with Crippen molar-refractivity contribution in [3.63, 3.8) is 0 Å². The number of carbonyl (C=O) groups is 4. The lowest BCUT2D eigenvalue weighted by molar-refractivity contribution is -0.127. The third-order valence-electron chi connectivity index (χ3n) is 10.9. The van der Waals surface area contributed by atoms with Crippen LogP contribution in [0.5, 0.6) is 0 Å².